The van der Waals surface area contributed by atoms with Gasteiger partial charge in [0, 0.05) is 19.7 Å². The molecule has 0 saturated carbocycles. The van der Waals surface area contributed by atoms with Crippen LogP contribution in [0.5, 0.6) is 5.75 Å². The number of ether oxygens (including phenoxy) is 2. The highest BCUT2D eigenvalue weighted by Gasteiger charge is 2.02. The molecule has 1 unspecified atom stereocenters. The molecular formula is C13H20FNO2. The molecule has 0 spiro atoms. The SMILES string of the molecule is COCC(C)NCCOc1ccc(F)cc1C. The number of benzene rings is 1. The maximum absolute atomic E-state index is 12.8. The molecule has 4 heteroatoms. The predicted molar refractivity (Wildman–Crippen MR) is 66.0 cm³/mol. The Morgan fingerprint density at radius 2 is 2.18 bits per heavy atom. The minimum atomic E-state index is -0.235. The van der Waals surface area contributed by atoms with Gasteiger partial charge in [-0.05, 0) is 37.6 Å². The molecule has 3 nitrogen and oxygen atoms in total. The fraction of sp³-hybridized carbons (Fsp3) is 0.538. The first-order chi connectivity index (χ1) is 8.13. The van der Waals surface area contributed by atoms with Crippen molar-refractivity contribution in [2.45, 2.75) is 19.9 Å². The zero-order valence-electron chi connectivity index (χ0n) is 10.6. The third kappa shape index (κ3) is 5.15. The lowest BCUT2D eigenvalue weighted by molar-refractivity contribution is 0.169. The van der Waals surface area contributed by atoms with Crippen LogP contribution in [0.3, 0.4) is 0 Å². The first kappa shape index (κ1) is 13.9. The number of methoxy groups -OCH3 is 1. The van der Waals surface area contributed by atoms with Crippen molar-refractivity contribution in [1.82, 2.24) is 5.32 Å². The third-order valence-corrected chi connectivity index (χ3v) is 2.41. The molecule has 1 aromatic rings. The molecule has 0 heterocycles. The zero-order valence-corrected chi connectivity index (χ0v) is 10.6. The van der Waals surface area contributed by atoms with Crippen LogP contribution in [0.2, 0.25) is 0 Å². The van der Waals surface area contributed by atoms with E-state index in [-0.39, 0.29) is 5.82 Å². The summed E-state index contributed by atoms with van der Waals surface area (Å²) < 4.78 is 23.4. The van der Waals surface area contributed by atoms with Crippen molar-refractivity contribution in [3.63, 3.8) is 0 Å². The molecule has 0 aliphatic carbocycles. The van der Waals surface area contributed by atoms with E-state index in [4.69, 9.17) is 9.47 Å². The number of aryl methyl sites for hydroxylation is 1. The molecule has 0 saturated heterocycles. The lowest BCUT2D eigenvalue weighted by Gasteiger charge is -2.13. The largest absolute Gasteiger partial charge is 0.492 e. The van der Waals surface area contributed by atoms with E-state index in [0.29, 0.717) is 19.3 Å². The Balaban J connectivity index is 2.26. The highest BCUT2D eigenvalue weighted by atomic mass is 19.1. The molecule has 17 heavy (non-hydrogen) atoms. The minimum Gasteiger partial charge on any atom is -0.492 e. The summed E-state index contributed by atoms with van der Waals surface area (Å²) >= 11 is 0. The van der Waals surface area contributed by atoms with Gasteiger partial charge < -0.3 is 14.8 Å². The van der Waals surface area contributed by atoms with Gasteiger partial charge in [0.15, 0.2) is 0 Å². The second kappa shape index (κ2) is 7.25. The van der Waals surface area contributed by atoms with Crippen molar-refractivity contribution < 1.29 is 13.9 Å². The van der Waals surface area contributed by atoms with Crippen molar-refractivity contribution in [2.75, 3.05) is 26.9 Å². The maximum Gasteiger partial charge on any atom is 0.123 e. The molecule has 0 aliphatic heterocycles. The van der Waals surface area contributed by atoms with Gasteiger partial charge in [-0.2, -0.15) is 0 Å². The van der Waals surface area contributed by atoms with E-state index in [1.807, 2.05) is 13.8 Å². The van der Waals surface area contributed by atoms with Crippen molar-refractivity contribution >= 4 is 0 Å². The first-order valence-corrected chi connectivity index (χ1v) is 5.74. The van der Waals surface area contributed by atoms with Gasteiger partial charge in [0.25, 0.3) is 0 Å². The Labute approximate surface area is 102 Å². The van der Waals surface area contributed by atoms with Gasteiger partial charge >= 0.3 is 0 Å². The van der Waals surface area contributed by atoms with Crippen LogP contribution in [-0.2, 0) is 4.74 Å². The van der Waals surface area contributed by atoms with Crippen LogP contribution in [0, 0.1) is 12.7 Å². The molecule has 1 rings (SSSR count). The van der Waals surface area contributed by atoms with Gasteiger partial charge in [-0.25, -0.2) is 4.39 Å². The summed E-state index contributed by atoms with van der Waals surface area (Å²) in [7, 11) is 1.68. The van der Waals surface area contributed by atoms with E-state index < -0.39 is 0 Å². The fourth-order valence-corrected chi connectivity index (χ4v) is 1.55. The number of halogens is 1. The number of hydrogen-bond acceptors (Lipinski definition) is 3. The van der Waals surface area contributed by atoms with E-state index in [0.717, 1.165) is 17.9 Å². The summed E-state index contributed by atoms with van der Waals surface area (Å²) in [4.78, 5) is 0. The van der Waals surface area contributed by atoms with Gasteiger partial charge in [0.05, 0.1) is 6.61 Å². The molecule has 0 aromatic heterocycles. The van der Waals surface area contributed by atoms with E-state index in [9.17, 15) is 4.39 Å². The van der Waals surface area contributed by atoms with Gasteiger partial charge in [-0.3, -0.25) is 0 Å². The van der Waals surface area contributed by atoms with Crippen molar-refractivity contribution in [3.8, 4) is 5.75 Å². The fourth-order valence-electron chi connectivity index (χ4n) is 1.55. The van der Waals surface area contributed by atoms with E-state index in [1.165, 1.54) is 12.1 Å². The van der Waals surface area contributed by atoms with E-state index >= 15 is 0 Å². The topological polar surface area (TPSA) is 30.5 Å². The normalized spacial score (nSPS) is 12.5. The summed E-state index contributed by atoms with van der Waals surface area (Å²) in [6.07, 6.45) is 0. The highest BCUT2D eigenvalue weighted by molar-refractivity contribution is 5.32. The van der Waals surface area contributed by atoms with Crippen LogP contribution >= 0.6 is 0 Å². The zero-order chi connectivity index (χ0) is 12.7. The number of rotatable bonds is 7. The third-order valence-electron chi connectivity index (χ3n) is 2.41. The monoisotopic (exact) mass is 241 g/mol. The van der Waals surface area contributed by atoms with Crippen LogP contribution in [0.4, 0.5) is 4.39 Å². The highest BCUT2D eigenvalue weighted by Crippen LogP contribution is 2.17. The van der Waals surface area contributed by atoms with Gasteiger partial charge in [0.2, 0.25) is 0 Å². The minimum absolute atomic E-state index is 0.235. The lowest BCUT2D eigenvalue weighted by atomic mass is 10.2. The van der Waals surface area contributed by atoms with Crippen LogP contribution < -0.4 is 10.1 Å². The van der Waals surface area contributed by atoms with E-state index in [1.54, 1.807) is 13.2 Å². The Kier molecular flexibility index (Phi) is 5.94. The van der Waals surface area contributed by atoms with Crippen LogP contribution in [0.25, 0.3) is 0 Å². The van der Waals surface area contributed by atoms with Crippen molar-refractivity contribution in [1.29, 1.82) is 0 Å². The molecular weight excluding hydrogens is 221 g/mol. The summed E-state index contributed by atoms with van der Waals surface area (Å²) in [5.74, 6) is 0.495. The molecule has 0 bridgehead atoms. The Bertz CT molecular complexity index is 344. The molecule has 1 N–H and O–H groups in total. The van der Waals surface area contributed by atoms with Gasteiger partial charge in [-0.1, -0.05) is 0 Å². The van der Waals surface area contributed by atoms with Gasteiger partial charge in [-0.15, -0.1) is 0 Å². The average Bonchev–Trinajstić information content (AvgIpc) is 2.27. The van der Waals surface area contributed by atoms with Crippen LogP contribution in [0.1, 0.15) is 12.5 Å². The Morgan fingerprint density at radius 3 is 2.82 bits per heavy atom. The quantitative estimate of drug-likeness (QED) is 0.742. The first-order valence-electron chi connectivity index (χ1n) is 5.74. The molecule has 1 atom stereocenters. The summed E-state index contributed by atoms with van der Waals surface area (Å²) in [6.45, 7) is 5.85. The van der Waals surface area contributed by atoms with Gasteiger partial charge in [0.1, 0.15) is 18.2 Å². The molecule has 96 valence electrons. The number of hydrogen-bond donors (Lipinski definition) is 1. The molecule has 0 aliphatic rings. The Hall–Kier alpha value is -1.13. The predicted octanol–water partition coefficient (Wildman–Crippen LogP) is 2.14. The molecule has 0 fully saturated rings. The Morgan fingerprint density at radius 1 is 1.41 bits per heavy atom. The second-order valence-electron chi connectivity index (χ2n) is 4.07. The average molecular weight is 241 g/mol. The standard InChI is InChI=1S/C13H20FNO2/c1-10-8-12(14)4-5-13(10)17-7-6-15-11(2)9-16-3/h4-5,8,11,15H,6-7,9H2,1-3H3. The van der Waals surface area contributed by atoms with E-state index in [2.05, 4.69) is 5.32 Å². The number of nitrogens with one attached hydrogen (secondary N) is 1. The van der Waals surface area contributed by atoms with Crippen LogP contribution in [-0.4, -0.2) is 32.9 Å². The molecule has 1 aromatic carbocycles. The van der Waals surface area contributed by atoms with Crippen molar-refractivity contribution in [2.24, 2.45) is 0 Å². The smallest absolute Gasteiger partial charge is 0.123 e. The molecule has 0 radical (unpaired) electrons. The lowest BCUT2D eigenvalue weighted by Crippen LogP contribution is -2.33. The maximum atomic E-state index is 12.8. The summed E-state index contributed by atoms with van der Waals surface area (Å²) in [5, 5.41) is 3.26. The van der Waals surface area contributed by atoms with Crippen molar-refractivity contribution in [3.05, 3.63) is 29.6 Å². The second-order valence-corrected chi connectivity index (χ2v) is 4.07. The van der Waals surface area contributed by atoms with Crippen LogP contribution in [0.15, 0.2) is 18.2 Å². The molecule has 0 amide bonds. The summed E-state index contributed by atoms with van der Waals surface area (Å²) in [5.41, 5.74) is 0.815. The summed E-state index contributed by atoms with van der Waals surface area (Å²) in [6, 6.07) is 4.83.